The van der Waals surface area contributed by atoms with Gasteiger partial charge in [-0.1, -0.05) is 0 Å². The minimum absolute atomic E-state index is 0.646. The van der Waals surface area contributed by atoms with Gasteiger partial charge in [0.25, 0.3) is 0 Å². The average molecular weight is 258 g/mol. The van der Waals surface area contributed by atoms with Crippen molar-refractivity contribution < 1.29 is 9.13 Å². The molecule has 0 saturated carbocycles. The average Bonchev–Trinajstić information content (AvgIpc) is 3.05. The molecule has 7 heteroatoms. The van der Waals surface area contributed by atoms with Gasteiger partial charge in [0, 0.05) is 11.6 Å². The summed E-state index contributed by atoms with van der Waals surface area (Å²) < 4.78 is 8.01. The molecule has 0 saturated heterocycles. The van der Waals surface area contributed by atoms with Crippen molar-refractivity contribution in [1.82, 2.24) is 24.3 Å². The van der Waals surface area contributed by atoms with Crippen LogP contribution in [0.1, 0.15) is 11.6 Å². The maximum absolute atomic E-state index is 4.44. The van der Waals surface area contributed by atoms with Crippen LogP contribution in [0, 0.1) is 0 Å². The van der Waals surface area contributed by atoms with Gasteiger partial charge >= 0.3 is 0 Å². The van der Waals surface area contributed by atoms with Gasteiger partial charge in [0.1, 0.15) is 37.9 Å². The highest BCUT2D eigenvalue weighted by atomic mass is 15.3. The van der Waals surface area contributed by atoms with Crippen LogP contribution in [0.2, 0.25) is 0 Å². The lowest BCUT2D eigenvalue weighted by Crippen LogP contribution is -2.24. The Morgan fingerprint density at radius 2 is 1.42 bits per heavy atom. The van der Waals surface area contributed by atoms with Gasteiger partial charge in [-0.25, -0.2) is 18.3 Å². The topological polar surface area (TPSA) is 57.5 Å². The maximum Gasteiger partial charge on any atom is 0.243 e. The van der Waals surface area contributed by atoms with E-state index in [-0.39, 0.29) is 0 Å². The smallest absolute Gasteiger partial charge is 0.243 e. The van der Waals surface area contributed by atoms with Crippen molar-refractivity contribution in [3.05, 3.63) is 49.1 Å². The molecule has 98 valence electrons. The summed E-state index contributed by atoms with van der Waals surface area (Å²) in [4.78, 5) is 4.44. The summed E-state index contributed by atoms with van der Waals surface area (Å²) in [5, 5.41) is 8.22. The van der Waals surface area contributed by atoms with Crippen molar-refractivity contribution in [2.75, 3.05) is 0 Å². The predicted molar refractivity (Wildman–Crippen MR) is 64.8 cm³/mol. The summed E-state index contributed by atoms with van der Waals surface area (Å²) in [6, 6.07) is 0. The number of imidazole rings is 2. The molecule has 0 atom stereocenters. The first kappa shape index (κ1) is 11.6. The van der Waals surface area contributed by atoms with Crippen LogP contribution in [0.3, 0.4) is 0 Å². The standard InChI is InChI=1S/C12H16N7/c1-16-3-5-18(9-16)7-11-13-12(15-14-11)8-19-6-4-17(2)10-19/h3-6,9-10H,7-8H2,1-2H3/q+1. The number of hydrogen-bond acceptors (Lipinski definition) is 2. The molecule has 3 aromatic heterocycles. The molecule has 19 heavy (non-hydrogen) atoms. The van der Waals surface area contributed by atoms with Crippen LogP contribution in [-0.4, -0.2) is 19.3 Å². The van der Waals surface area contributed by atoms with E-state index in [1.165, 1.54) is 0 Å². The highest BCUT2D eigenvalue weighted by molar-refractivity contribution is 4.92. The third-order valence-corrected chi connectivity index (χ3v) is 2.83. The zero-order valence-corrected chi connectivity index (χ0v) is 11.0. The van der Waals surface area contributed by atoms with Crippen LogP contribution in [0.25, 0.3) is 0 Å². The van der Waals surface area contributed by atoms with E-state index in [0.29, 0.717) is 13.1 Å². The SMILES string of the molecule is C[n+]1ccn(Cc2nnc(Cn3cc[n+](C)c3)[n-]2)c1. The molecule has 7 nitrogen and oxygen atoms in total. The molecule has 0 spiro atoms. The van der Waals surface area contributed by atoms with Crippen molar-refractivity contribution in [1.29, 1.82) is 0 Å². The van der Waals surface area contributed by atoms with Crippen molar-refractivity contribution in [3.63, 3.8) is 0 Å². The van der Waals surface area contributed by atoms with Gasteiger partial charge in [0.05, 0.1) is 14.1 Å². The summed E-state index contributed by atoms with van der Waals surface area (Å²) in [5.74, 6) is 1.48. The first-order valence-corrected chi connectivity index (χ1v) is 6.06. The number of aryl methyl sites for hydroxylation is 2. The van der Waals surface area contributed by atoms with E-state index in [4.69, 9.17) is 0 Å². The van der Waals surface area contributed by atoms with Crippen molar-refractivity contribution in [2.24, 2.45) is 14.1 Å². The molecule has 0 unspecified atom stereocenters. The molecule has 3 rings (SSSR count). The van der Waals surface area contributed by atoms with Gasteiger partial charge in [0.15, 0.2) is 0 Å². The first-order chi connectivity index (χ1) is 9.19. The highest BCUT2D eigenvalue weighted by Gasteiger charge is 2.04. The molecule has 0 radical (unpaired) electrons. The fourth-order valence-electron chi connectivity index (χ4n) is 1.96. The van der Waals surface area contributed by atoms with E-state index < -0.39 is 0 Å². The van der Waals surface area contributed by atoms with Gasteiger partial charge in [0.2, 0.25) is 12.7 Å². The predicted octanol–water partition coefficient (Wildman–Crippen LogP) is -1.22. The second-order valence-electron chi connectivity index (χ2n) is 4.65. The Balaban J connectivity index is 1.69. The quantitative estimate of drug-likeness (QED) is 0.551. The Morgan fingerprint density at radius 1 is 0.947 bits per heavy atom. The molecule has 0 N–H and O–H groups in total. The monoisotopic (exact) mass is 258 g/mol. The van der Waals surface area contributed by atoms with Crippen LogP contribution in [0.15, 0.2) is 37.4 Å². The summed E-state index contributed by atoms with van der Waals surface area (Å²) in [7, 11) is 3.97. The highest BCUT2D eigenvalue weighted by Crippen LogP contribution is 1.97. The molecule has 0 fully saturated rings. The molecule has 3 aromatic rings. The van der Waals surface area contributed by atoms with Crippen molar-refractivity contribution >= 4 is 0 Å². The molecule has 0 amide bonds. The van der Waals surface area contributed by atoms with E-state index in [0.717, 1.165) is 11.6 Å². The minimum Gasteiger partial charge on any atom is -0.359 e. The molecule has 0 bridgehead atoms. The lowest BCUT2D eigenvalue weighted by molar-refractivity contribution is -0.671. The maximum atomic E-state index is 4.44. The fraction of sp³-hybridized carbons (Fsp3) is 0.333. The van der Waals surface area contributed by atoms with Crippen LogP contribution < -0.4 is 14.1 Å². The second-order valence-corrected chi connectivity index (χ2v) is 4.65. The number of aromatic nitrogens is 7. The van der Waals surface area contributed by atoms with Gasteiger partial charge in [-0.2, -0.15) is 0 Å². The van der Waals surface area contributed by atoms with E-state index in [9.17, 15) is 0 Å². The lowest BCUT2D eigenvalue weighted by atomic mass is 10.5. The molecular formula is C12H16N7+. The van der Waals surface area contributed by atoms with Crippen molar-refractivity contribution in [3.8, 4) is 0 Å². The van der Waals surface area contributed by atoms with Crippen LogP contribution >= 0.6 is 0 Å². The normalized spacial score (nSPS) is 11.1. The van der Waals surface area contributed by atoms with Gasteiger partial charge < -0.3 is 15.2 Å². The zero-order valence-electron chi connectivity index (χ0n) is 11.0. The molecule has 0 aliphatic heterocycles. The summed E-state index contributed by atoms with van der Waals surface area (Å²) in [6.45, 7) is 1.29. The van der Waals surface area contributed by atoms with E-state index in [1.54, 1.807) is 0 Å². The fourth-order valence-corrected chi connectivity index (χ4v) is 1.96. The van der Waals surface area contributed by atoms with E-state index in [1.807, 2.05) is 69.8 Å². The third-order valence-electron chi connectivity index (χ3n) is 2.83. The van der Waals surface area contributed by atoms with Crippen molar-refractivity contribution in [2.45, 2.75) is 13.1 Å². The Bertz CT molecular complexity index is 619. The summed E-state index contributed by atoms with van der Waals surface area (Å²) in [5.41, 5.74) is 0. The molecule has 0 aliphatic carbocycles. The molecule has 0 aromatic carbocycles. The molecule has 0 aliphatic rings. The van der Waals surface area contributed by atoms with Gasteiger partial charge in [-0.05, 0) is 0 Å². The third kappa shape index (κ3) is 2.70. The number of nitrogens with zero attached hydrogens (tertiary/aromatic N) is 7. The van der Waals surface area contributed by atoms with E-state index in [2.05, 4.69) is 15.2 Å². The van der Waals surface area contributed by atoms with Gasteiger partial charge in [-0.15, -0.1) is 0 Å². The number of hydrogen-bond donors (Lipinski definition) is 0. The first-order valence-electron chi connectivity index (χ1n) is 6.06. The molecular weight excluding hydrogens is 242 g/mol. The Kier molecular flexibility index (Phi) is 2.86. The van der Waals surface area contributed by atoms with E-state index >= 15 is 0 Å². The summed E-state index contributed by atoms with van der Waals surface area (Å²) in [6.07, 6.45) is 11.9. The number of rotatable bonds is 4. The van der Waals surface area contributed by atoms with Gasteiger partial charge in [-0.3, -0.25) is 0 Å². The van der Waals surface area contributed by atoms with Crippen LogP contribution in [0.5, 0.6) is 0 Å². The zero-order chi connectivity index (χ0) is 13.2. The Labute approximate surface area is 110 Å². The van der Waals surface area contributed by atoms with Crippen LogP contribution in [-0.2, 0) is 27.2 Å². The molecule has 3 heterocycles. The Morgan fingerprint density at radius 3 is 1.79 bits per heavy atom. The minimum atomic E-state index is 0.646. The second kappa shape index (κ2) is 4.68. The lowest BCUT2D eigenvalue weighted by Gasteiger charge is -1.97. The Hall–Kier alpha value is -2.44. The van der Waals surface area contributed by atoms with Crippen LogP contribution in [0.4, 0.5) is 0 Å². The summed E-state index contributed by atoms with van der Waals surface area (Å²) >= 11 is 0. The largest absolute Gasteiger partial charge is 0.359 e.